The number of hydrogen-bond donors (Lipinski definition) is 1. The molecule has 0 radical (unpaired) electrons. The summed E-state index contributed by atoms with van der Waals surface area (Å²) in [6, 6.07) is 0. The Morgan fingerprint density at radius 1 is 1.50 bits per heavy atom. The topological polar surface area (TPSA) is 54.4 Å². The van der Waals surface area contributed by atoms with Crippen LogP contribution in [0, 0.1) is 5.92 Å². The molecule has 1 aliphatic rings. The molecule has 0 spiro atoms. The summed E-state index contributed by atoms with van der Waals surface area (Å²) in [5.41, 5.74) is 0. The van der Waals surface area contributed by atoms with Crippen molar-refractivity contribution in [1.82, 2.24) is 0 Å². The van der Waals surface area contributed by atoms with E-state index >= 15 is 0 Å². The van der Waals surface area contributed by atoms with E-state index in [0.717, 1.165) is 6.42 Å². The van der Waals surface area contributed by atoms with Crippen LogP contribution in [0.5, 0.6) is 0 Å². The Kier molecular flexibility index (Phi) is 2.31. The lowest BCUT2D eigenvalue weighted by molar-refractivity contribution is 0.264. The third-order valence-corrected chi connectivity index (χ3v) is 3.70. The molecule has 0 saturated carbocycles. The fraction of sp³-hybridized carbons (Fsp3) is 1.00. The van der Waals surface area contributed by atoms with Crippen molar-refractivity contribution >= 4 is 9.84 Å². The Hall–Kier alpha value is -0.0900. The number of rotatable bonds is 2. The lowest BCUT2D eigenvalue weighted by Gasteiger charge is -2.01. The Balaban J connectivity index is 2.44. The summed E-state index contributed by atoms with van der Waals surface area (Å²) in [7, 11) is -2.73. The molecule has 10 heavy (non-hydrogen) atoms. The molecule has 1 N–H and O–H groups in total. The van der Waals surface area contributed by atoms with Crippen LogP contribution in [0.4, 0.5) is 0 Å². The van der Waals surface area contributed by atoms with Gasteiger partial charge in [-0.2, -0.15) is 0 Å². The van der Waals surface area contributed by atoms with Gasteiger partial charge >= 0.3 is 0 Å². The van der Waals surface area contributed by atoms with E-state index in [9.17, 15) is 8.42 Å². The molecule has 1 aliphatic heterocycles. The molecule has 1 heterocycles. The molecule has 0 amide bonds. The normalized spacial score (nSPS) is 30.7. The fourth-order valence-electron chi connectivity index (χ4n) is 1.28. The van der Waals surface area contributed by atoms with Gasteiger partial charge in [-0.1, -0.05) is 0 Å². The van der Waals surface area contributed by atoms with E-state index in [1.807, 2.05) is 0 Å². The molecule has 1 atom stereocenters. The van der Waals surface area contributed by atoms with E-state index in [2.05, 4.69) is 0 Å². The first-order valence-electron chi connectivity index (χ1n) is 3.45. The van der Waals surface area contributed by atoms with E-state index in [0.29, 0.717) is 12.2 Å². The Bertz CT molecular complexity index is 195. The molecule has 0 aliphatic carbocycles. The highest BCUT2D eigenvalue weighted by molar-refractivity contribution is 7.91. The van der Waals surface area contributed by atoms with Crippen LogP contribution >= 0.6 is 0 Å². The van der Waals surface area contributed by atoms with Gasteiger partial charge in [0.15, 0.2) is 9.84 Å². The quantitative estimate of drug-likeness (QED) is 0.615. The zero-order chi connectivity index (χ0) is 7.61. The summed E-state index contributed by atoms with van der Waals surface area (Å²) >= 11 is 0. The third kappa shape index (κ3) is 1.95. The van der Waals surface area contributed by atoms with Gasteiger partial charge in [0.25, 0.3) is 0 Å². The second-order valence-electron chi connectivity index (χ2n) is 2.78. The van der Waals surface area contributed by atoms with Crippen LogP contribution in [0.2, 0.25) is 0 Å². The number of sulfone groups is 1. The van der Waals surface area contributed by atoms with Crippen LogP contribution in [-0.4, -0.2) is 31.6 Å². The van der Waals surface area contributed by atoms with Crippen LogP contribution in [0.3, 0.4) is 0 Å². The molecule has 0 unspecified atom stereocenters. The number of aliphatic hydroxyl groups excluding tert-OH is 1. The highest BCUT2D eigenvalue weighted by Crippen LogP contribution is 2.20. The van der Waals surface area contributed by atoms with Gasteiger partial charge < -0.3 is 5.11 Å². The summed E-state index contributed by atoms with van der Waals surface area (Å²) in [5, 5.41) is 8.50. The molecule has 0 aromatic heterocycles. The second kappa shape index (κ2) is 2.88. The molecule has 0 aromatic carbocycles. The van der Waals surface area contributed by atoms with Crippen molar-refractivity contribution in [2.45, 2.75) is 12.8 Å². The highest BCUT2D eigenvalue weighted by Gasteiger charge is 2.26. The van der Waals surface area contributed by atoms with Crippen molar-refractivity contribution in [3.05, 3.63) is 0 Å². The summed E-state index contributed by atoms with van der Waals surface area (Å²) < 4.78 is 21.7. The van der Waals surface area contributed by atoms with E-state index < -0.39 is 9.84 Å². The number of aliphatic hydroxyl groups is 1. The van der Waals surface area contributed by atoms with Crippen molar-refractivity contribution in [3.63, 3.8) is 0 Å². The maximum Gasteiger partial charge on any atom is 0.150 e. The first-order chi connectivity index (χ1) is 4.64. The molecular weight excluding hydrogens is 152 g/mol. The first kappa shape index (κ1) is 8.01. The van der Waals surface area contributed by atoms with Crippen molar-refractivity contribution in [1.29, 1.82) is 0 Å². The molecule has 0 aromatic rings. The van der Waals surface area contributed by atoms with Gasteiger partial charge in [-0.05, 0) is 18.8 Å². The molecular formula is C6H12O3S. The predicted octanol–water partition coefficient (Wildman–Crippen LogP) is -0.197. The van der Waals surface area contributed by atoms with E-state index in [4.69, 9.17) is 5.11 Å². The van der Waals surface area contributed by atoms with E-state index in [1.165, 1.54) is 0 Å². The SMILES string of the molecule is O=S1(=O)CC[C@H](CCO)C1. The largest absolute Gasteiger partial charge is 0.396 e. The van der Waals surface area contributed by atoms with Gasteiger partial charge in [-0.15, -0.1) is 0 Å². The summed E-state index contributed by atoms with van der Waals surface area (Å²) in [6.45, 7) is 0.111. The van der Waals surface area contributed by atoms with Gasteiger partial charge in [-0.25, -0.2) is 8.42 Å². The maximum atomic E-state index is 10.8. The van der Waals surface area contributed by atoms with Gasteiger partial charge in [0.2, 0.25) is 0 Å². The number of hydrogen-bond acceptors (Lipinski definition) is 3. The summed E-state index contributed by atoms with van der Waals surface area (Å²) in [4.78, 5) is 0. The van der Waals surface area contributed by atoms with Crippen LogP contribution < -0.4 is 0 Å². The monoisotopic (exact) mass is 164 g/mol. The summed E-state index contributed by atoms with van der Waals surface area (Å²) in [6.07, 6.45) is 1.38. The molecule has 3 nitrogen and oxygen atoms in total. The van der Waals surface area contributed by atoms with E-state index in [-0.39, 0.29) is 18.3 Å². The molecule has 1 rings (SSSR count). The van der Waals surface area contributed by atoms with Crippen LogP contribution in [0.15, 0.2) is 0 Å². The van der Waals surface area contributed by atoms with Crippen molar-refractivity contribution in [2.24, 2.45) is 5.92 Å². The lowest BCUT2D eigenvalue weighted by Crippen LogP contribution is -2.05. The van der Waals surface area contributed by atoms with Crippen molar-refractivity contribution < 1.29 is 13.5 Å². The lowest BCUT2D eigenvalue weighted by atomic mass is 10.1. The predicted molar refractivity (Wildman–Crippen MR) is 38.5 cm³/mol. The van der Waals surface area contributed by atoms with Gasteiger partial charge in [0, 0.05) is 6.61 Å². The van der Waals surface area contributed by atoms with Crippen LogP contribution in [-0.2, 0) is 9.84 Å². The van der Waals surface area contributed by atoms with E-state index in [1.54, 1.807) is 0 Å². The Labute approximate surface area is 61.0 Å². The van der Waals surface area contributed by atoms with Crippen LogP contribution in [0.25, 0.3) is 0 Å². The minimum atomic E-state index is -2.73. The maximum absolute atomic E-state index is 10.8. The van der Waals surface area contributed by atoms with Crippen molar-refractivity contribution in [3.8, 4) is 0 Å². The first-order valence-corrected chi connectivity index (χ1v) is 5.27. The zero-order valence-electron chi connectivity index (χ0n) is 5.78. The van der Waals surface area contributed by atoms with Crippen LogP contribution in [0.1, 0.15) is 12.8 Å². The average Bonchev–Trinajstić information content (AvgIpc) is 2.12. The fourth-order valence-corrected chi connectivity index (χ4v) is 3.19. The molecule has 4 heteroatoms. The summed E-state index contributed by atoms with van der Waals surface area (Å²) in [5.74, 6) is 0.820. The zero-order valence-corrected chi connectivity index (χ0v) is 6.60. The molecule has 0 bridgehead atoms. The average molecular weight is 164 g/mol. The molecule has 1 fully saturated rings. The van der Waals surface area contributed by atoms with Gasteiger partial charge in [0.05, 0.1) is 11.5 Å². The highest BCUT2D eigenvalue weighted by atomic mass is 32.2. The third-order valence-electron chi connectivity index (χ3n) is 1.86. The minimum Gasteiger partial charge on any atom is -0.396 e. The molecule has 60 valence electrons. The van der Waals surface area contributed by atoms with Gasteiger partial charge in [0.1, 0.15) is 0 Å². The van der Waals surface area contributed by atoms with Crippen molar-refractivity contribution in [2.75, 3.05) is 18.1 Å². The molecule has 1 saturated heterocycles. The second-order valence-corrected chi connectivity index (χ2v) is 5.01. The standard InChI is InChI=1S/C6H12O3S/c7-3-1-6-2-4-10(8,9)5-6/h6-7H,1-5H2/t6-/m0/s1. The smallest absolute Gasteiger partial charge is 0.150 e. The van der Waals surface area contributed by atoms with Gasteiger partial charge in [-0.3, -0.25) is 0 Å². The minimum absolute atomic E-state index is 0.111. The Morgan fingerprint density at radius 2 is 2.20 bits per heavy atom. The Morgan fingerprint density at radius 3 is 2.60 bits per heavy atom.